The SMILES string of the molecule is CC(C)O[Si](OC(C)C)(OC(C)C)C1CCCCCC1. The van der Waals surface area contributed by atoms with E-state index < -0.39 is 8.80 Å². The molecule has 0 saturated heterocycles. The lowest BCUT2D eigenvalue weighted by Crippen LogP contribution is -2.54. The molecule has 0 unspecified atom stereocenters. The third kappa shape index (κ3) is 5.84. The van der Waals surface area contributed by atoms with Gasteiger partial charge in [-0.05, 0) is 54.4 Å². The molecule has 0 amide bonds. The summed E-state index contributed by atoms with van der Waals surface area (Å²) in [4.78, 5) is 0. The molecule has 0 spiro atoms. The van der Waals surface area contributed by atoms with Gasteiger partial charge in [0, 0.05) is 23.9 Å². The molecule has 1 rings (SSSR count). The van der Waals surface area contributed by atoms with Crippen LogP contribution in [-0.4, -0.2) is 27.1 Å². The van der Waals surface area contributed by atoms with Gasteiger partial charge in [-0.15, -0.1) is 0 Å². The molecule has 0 aromatic carbocycles. The molecule has 0 N–H and O–H groups in total. The van der Waals surface area contributed by atoms with Gasteiger partial charge in [0.1, 0.15) is 0 Å². The maximum Gasteiger partial charge on any atom is 0.504 e. The summed E-state index contributed by atoms with van der Waals surface area (Å²) < 4.78 is 19.0. The summed E-state index contributed by atoms with van der Waals surface area (Å²) in [6.07, 6.45) is 8.09. The van der Waals surface area contributed by atoms with Gasteiger partial charge in [-0.25, -0.2) is 0 Å². The first-order valence-electron chi connectivity index (χ1n) is 8.39. The van der Waals surface area contributed by atoms with Crippen molar-refractivity contribution in [1.82, 2.24) is 0 Å². The zero-order valence-corrected chi connectivity index (χ0v) is 15.3. The van der Waals surface area contributed by atoms with Gasteiger partial charge in [-0.2, -0.15) is 0 Å². The van der Waals surface area contributed by atoms with E-state index in [1.165, 1.54) is 38.5 Å². The Labute approximate surface area is 126 Å². The normalized spacial score (nSPS) is 19.1. The van der Waals surface area contributed by atoms with Gasteiger partial charge in [0.15, 0.2) is 0 Å². The van der Waals surface area contributed by atoms with Gasteiger partial charge in [-0.1, -0.05) is 25.7 Å². The van der Waals surface area contributed by atoms with Gasteiger partial charge in [0.05, 0.1) is 0 Å². The smallest absolute Gasteiger partial charge is 0.371 e. The zero-order valence-electron chi connectivity index (χ0n) is 14.3. The largest absolute Gasteiger partial charge is 0.504 e. The fourth-order valence-corrected chi connectivity index (χ4v) is 6.82. The van der Waals surface area contributed by atoms with Crippen LogP contribution >= 0.6 is 0 Å². The van der Waals surface area contributed by atoms with E-state index in [0.29, 0.717) is 5.54 Å². The molecule has 0 aliphatic heterocycles. The second-order valence-electron chi connectivity index (χ2n) is 6.79. The van der Waals surface area contributed by atoms with Crippen LogP contribution in [0.4, 0.5) is 0 Å². The van der Waals surface area contributed by atoms with Crippen molar-refractivity contribution in [1.29, 1.82) is 0 Å². The average molecular weight is 303 g/mol. The highest BCUT2D eigenvalue weighted by molar-refractivity contribution is 6.62. The van der Waals surface area contributed by atoms with Gasteiger partial charge in [0.2, 0.25) is 0 Å². The van der Waals surface area contributed by atoms with Crippen molar-refractivity contribution in [2.24, 2.45) is 0 Å². The minimum atomic E-state index is -2.62. The maximum atomic E-state index is 6.35. The molecule has 0 heterocycles. The molecule has 4 heteroatoms. The molecule has 20 heavy (non-hydrogen) atoms. The molecule has 1 aliphatic carbocycles. The number of hydrogen-bond donors (Lipinski definition) is 0. The van der Waals surface area contributed by atoms with Gasteiger partial charge in [-0.3, -0.25) is 0 Å². The molecular weight excluding hydrogens is 268 g/mol. The number of rotatable bonds is 7. The van der Waals surface area contributed by atoms with Crippen LogP contribution in [0.15, 0.2) is 0 Å². The summed E-state index contributed by atoms with van der Waals surface area (Å²) in [5.74, 6) is 0. The second-order valence-corrected chi connectivity index (χ2v) is 9.52. The molecule has 0 atom stereocenters. The first kappa shape index (κ1) is 18.1. The van der Waals surface area contributed by atoms with E-state index in [9.17, 15) is 0 Å². The lowest BCUT2D eigenvalue weighted by Gasteiger charge is -2.39. The van der Waals surface area contributed by atoms with Crippen LogP contribution in [0.2, 0.25) is 5.54 Å². The minimum absolute atomic E-state index is 0.155. The van der Waals surface area contributed by atoms with Crippen LogP contribution in [0.3, 0.4) is 0 Å². The van der Waals surface area contributed by atoms with E-state index in [4.69, 9.17) is 13.3 Å². The standard InChI is InChI=1S/C16H34O3Si/c1-13(2)17-20(18-14(3)4,19-15(5)6)16-11-9-7-8-10-12-16/h13-16H,7-12H2,1-6H3. The highest BCUT2D eigenvalue weighted by Gasteiger charge is 2.51. The Kier molecular flexibility index (Phi) is 7.73. The third-order valence-corrected chi connectivity index (χ3v) is 7.53. The van der Waals surface area contributed by atoms with Crippen molar-refractivity contribution < 1.29 is 13.3 Å². The van der Waals surface area contributed by atoms with Crippen LogP contribution in [0.5, 0.6) is 0 Å². The molecule has 1 saturated carbocycles. The number of hydrogen-bond acceptors (Lipinski definition) is 3. The summed E-state index contributed by atoms with van der Waals surface area (Å²) in [5.41, 5.74) is 0.470. The first-order valence-corrected chi connectivity index (χ1v) is 10.2. The lowest BCUT2D eigenvalue weighted by molar-refractivity contribution is -0.00637. The topological polar surface area (TPSA) is 27.7 Å². The fourth-order valence-electron chi connectivity index (χ4n) is 2.99. The van der Waals surface area contributed by atoms with Gasteiger partial charge >= 0.3 is 8.80 Å². The minimum Gasteiger partial charge on any atom is -0.371 e. The average Bonchev–Trinajstić information content (AvgIpc) is 2.54. The van der Waals surface area contributed by atoms with Crippen molar-refractivity contribution in [2.45, 2.75) is 104 Å². The van der Waals surface area contributed by atoms with Crippen molar-refractivity contribution in [3.8, 4) is 0 Å². The van der Waals surface area contributed by atoms with E-state index in [0.717, 1.165) is 0 Å². The van der Waals surface area contributed by atoms with E-state index >= 15 is 0 Å². The Bertz CT molecular complexity index is 232. The lowest BCUT2D eigenvalue weighted by atomic mass is 10.2. The fraction of sp³-hybridized carbons (Fsp3) is 1.00. The maximum absolute atomic E-state index is 6.35. The Morgan fingerprint density at radius 2 is 1.00 bits per heavy atom. The van der Waals surface area contributed by atoms with Gasteiger partial charge in [0.25, 0.3) is 0 Å². The zero-order chi connectivity index (χ0) is 15.2. The quantitative estimate of drug-likeness (QED) is 0.493. The summed E-state index contributed by atoms with van der Waals surface area (Å²) in [6, 6.07) is 0. The highest BCUT2D eigenvalue weighted by Crippen LogP contribution is 2.39. The Morgan fingerprint density at radius 3 is 1.30 bits per heavy atom. The van der Waals surface area contributed by atoms with Crippen LogP contribution < -0.4 is 0 Å². The molecule has 1 fully saturated rings. The predicted molar refractivity (Wildman–Crippen MR) is 85.9 cm³/mol. The predicted octanol–water partition coefficient (Wildman–Crippen LogP) is 4.92. The molecule has 120 valence electrons. The van der Waals surface area contributed by atoms with Crippen molar-refractivity contribution >= 4 is 8.80 Å². The Hall–Kier alpha value is 0.0969. The molecule has 0 aromatic rings. The summed E-state index contributed by atoms with van der Waals surface area (Å²) in [6.45, 7) is 12.5. The molecular formula is C16H34O3Si. The van der Waals surface area contributed by atoms with Crippen molar-refractivity contribution in [2.75, 3.05) is 0 Å². The van der Waals surface area contributed by atoms with Crippen LogP contribution in [-0.2, 0) is 13.3 Å². The van der Waals surface area contributed by atoms with E-state index in [1.807, 2.05) is 0 Å². The summed E-state index contributed by atoms with van der Waals surface area (Å²) in [7, 11) is -2.62. The van der Waals surface area contributed by atoms with E-state index in [1.54, 1.807) is 0 Å². The van der Waals surface area contributed by atoms with Gasteiger partial charge < -0.3 is 13.3 Å². The summed E-state index contributed by atoms with van der Waals surface area (Å²) >= 11 is 0. The second kappa shape index (κ2) is 8.52. The Balaban J connectivity index is 2.97. The van der Waals surface area contributed by atoms with Crippen molar-refractivity contribution in [3.05, 3.63) is 0 Å². The highest BCUT2D eigenvalue weighted by atomic mass is 28.4. The molecule has 1 aliphatic rings. The summed E-state index contributed by atoms with van der Waals surface area (Å²) in [5, 5.41) is 0. The third-order valence-electron chi connectivity index (χ3n) is 3.56. The van der Waals surface area contributed by atoms with E-state index in [2.05, 4.69) is 41.5 Å². The molecule has 0 aromatic heterocycles. The van der Waals surface area contributed by atoms with Crippen LogP contribution in [0, 0.1) is 0 Å². The monoisotopic (exact) mass is 302 g/mol. The van der Waals surface area contributed by atoms with Crippen LogP contribution in [0.25, 0.3) is 0 Å². The molecule has 0 bridgehead atoms. The van der Waals surface area contributed by atoms with Crippen molar-refractivity contribution in [3.63, 3.8) is 0 Å². The molecule has 0 radical (unpaired) electrons. The van der Waals surface area contributed by atoms with Crippen LogP contribution in [0.1, 0.15) is 80.1 Å². The van der Waals surface area contributed by atoms with E-state index in [-0.39, 0.29) is 18.3 Å². The Morgan fingerprint density at radius 1 is 0.650 bits per heavy atom. The first-order chi connectivity index (χ1) is 9.35. The molecule has 3 nitrogen and oxygen atoms in total.